The third-order valence-corrected chi connectivity index (χ3v) is 11.0. The summed E-state index contributed by atoms with van der Waals surface area (Å²) in [7, 11) is 0. The highest BCUT2D eigenvalue weighted by atomic mass is 16.6. The number of hydrogen-bond acceptors (Lipinski definition) is 5. The van der Waals surface area contributed by atoms with Gasteiger partial charge in [0.15, 0.2) is 0 Å². The van der Waals surface area contributed by atoms with Crippen LogP contribution < -0.4 is 0 Å². The molecule has 3 saturated carbocycles. The molecule has 3 N–H and O–H groups in total. The minimum absolute atomic E-state index is 0.0612. The number of aliphatic hydroxyl groups is 3. The third-order valence-electron chi connectivity index (χ3n) is 11.0. The summed E-state index contributed by atoms with van der Waals surface area (Å²) in [4.78, 5) is 12.6. The Labute approximate surface area is 245 Å². The largest absolute Gasteiger partial charge is 0.458 e. The van der Waals surface area contributed by atoms with Crippen molar-refractivity contribution in [2.45, 2.75) is 95.9 Å². The maximum atomic E-state index is 12.6. The lowest BCUT2D eigenvalue weighted by molar-refractivity contribution is -0.139. The van der Waals surface area contributed by atoms with Crippen molar-refractivity contribution in [2.75, 3.05) is 6.61 Å². The second kappa shape index (κ2) is 12.4. The van der Waals surface area contributed by atoms with E-state index in [4.69, 9.17) is 4.74 Å². The molecule has 5 heteroatoms. The van der Waals surface area contributed by atoms with Gasteiger partial charge >= 0.3 is 5.97 Å². The number of ether oxygens (including phenoxy) is 1. The molecule has 0 radical (unpaired) electrons. The molecule has 0 bridgehead atoms. The van der Waals surface area contributed by atoms with E-state index in [-0.39, 0.29) is 35.9 Å². The number of carbonyl (C=O) groups excluding carboxylic acids is 1. The highest BCUT2D eigenvalue weighted by molar-refractivity contribution is 5.92. The van der Waals surface area contributed by atoms with Crippen molar-refractivity contribution < 1.29 is 24.9 Å². The number of cyclic esters (lactones) is 1. The van der Waals surface area contributed by atoms with Crippen molar-refractivity contribution in [3.8, 4) is 0 Å². The van der Waals surface area contributed by atoms with Crippen molar-refractivity contribution in [1.29, 1.82) is 0 Å². The Bertz CT molecular complexity index is 1200. The first kappa shape index (κ1) is 30.0. The summed E-state index contributed by atoms with van der Waals surface area (Å²) in [6, 6.07) is 10.2. The number of allylic oxidation sites excluding steroid dienone is 3. The van der Waals surface area contributed by atoms with Crippen LogP contribution in [0, 0.1) is 29.1 Å². The minimum Gasteiger partial charge on any atom is -0.458 e. The van der Waals surface area contributed by atoms with Gasteiger partial charge < -0.3 is 20.1 Å². The normalized spacial score (nSPS) is 38.4. The molecule has 0 amide bonds. The van der Waals surface area contributed by atoms with Gasteiger partial charge in [0.1, 0.15) is 6.10 Å². The summed E-state index contributed by atoms with van der Waals surface area (Å²) < 4.78 is 5.90. The number of hydrogen-bond donors (Lipinski definition) is 3. The van der Waals surface area contributed by atoms with Gasteiger partial charge in [-0.25, -0.2) is 4.79 Å². The number of carbonyl (C=O) groups is 1. The predicted molar refractivity (Wildman–Crippen MR) is 162 cm³/mol. The van der Waals surface area contributed by atoms with Crippen LogP contribution in [0.2, 0.25) is 0 Å². The van der Waals surface area contributed by atoms with Crippen LogP contribution in [0.3, 0.4) is 0 Å². The van der Waals surface area contributed by atoms with Crippen LogP contribution in [-0.2, 0) is 9.53 Å². The molecule has 1 aliphatic heterocycles. The maximum Gasteiger partial charge on any atom is 0.334 e. The Morgan fingerprint density at radius 1 is 1.12 bits per heavy atom. The Kier molecular flexibility index (Phi) is 9.08. The molecule has 5 nitrogen and oxygen atoms in total. The van der Waals surface area contributed by atoms with Crippen LogP contribution in [0.25, 0.3) is 0 Å². The molecule has 0 aromatic heterocycles. The molecule has 4 aliphatic rings. The zero-order valence-corrected chi connectivity index (χ0v) is 24.8. The van der Waals surface area contributed by atoms with E-state index in [2.05, 4.69) is 51.3 Å². The van der Waals surface area contributed by atoms with E-state index < -0.39 is 12.2 Å². The summed E-state index contributed by atoms with van der Waals surface area (Å²) in [5.41, 5.74) is 4.98. The summed E-state index contributed by atoms with van der Waals surface area (Å²) >= 11 is 0. The average Bonchev–Trinajstić information content (AvgIpc) is 3.45. The van der Waals surface area contributed by atoms with Gasteiger partial charge in [0.2, 0.25) is 0 Å². The second-order valence-corrected chi connectivity index (χ2v) is 13.4. The smallest absolute Gasteiger partial charge is 0.334 e. The Hall–Kier alpha value is -2.47. The summed E-state index contributed by atoms with van der Waals surface area (Å²) in [6.07, 6.45) is 11.1. The van der Waals surface area contributed by atoms with Crippen LogP contribution in [0.4, 0.5) is 0 Å². The quantitative estimate of drug-likeness (QED) is 0.252. The van der Waals surface area contributed by atoms with E-state index in [1.807, 2.05) is 18.2 Å². The average molecular weight is 561 g/mol. The molecule has 4 fully saturated rings. The SMILES string of the molecule is C=C1/C(=C\C=C2/CCC[C@]3(C)[C@@H]([C@H](C)C[C@@H]4OC(=O)C(=C)[C@H]4c4ccccc4)CC[C@@H]23)C[C@@H](O)[C@H](CCCO)[C@@H]1O. The number of benzene rings is 1. The first-order chi connectivity index (χ1) is 19.7. The van der Waals surface area contributed by atoms with Crippen molar-refractivity contribution in [3.63, 3.8) is 0 Å². The summed E-state index contributed by atoms with van der Waals surface area (Å²) in [5.74, 6) is 0.858. The molecule has 5 rings (SSSR count). The van der Waals surface area contributed by atoms with Crippen LogP contribution in [0.5, 0.6) is 0 Å². The summed E-state index contributed by atoms with van der Waals surface area (Å²) in [5, 5.41) is 30.8. The fraction of sp³-hybridized carbons (Fsp3) is 0.583. The van der Waals surface area contributed by atoms with Crippen molar-refractivity contribution in [1.82, 2.24) is 0 Å². The maximum absolute atomic E-state index is 12.6. The lowest BCUT2D eigenvalue weighted by atomic mass is 9.60. The first-order valence-electron chi connectivity index (χ1n) is 15.7. The van der Waals surface area contributed by atoms with E-state index in [0.717, 1.165) is 36.8 Å². The molecular weight excluding hydrogens is 512 g/mol. The Morgan fingerprint density at radius 2 is 1.88 bits per heavy atom. The number of esters is 1. The highest BCUT2D eigenvalue weighted by Crippen LogP contribution is 2.60. The third kappa shape index (κ3) is 5.78. The molecule has 1 heterocycles. The second-order valence-electron chi connectivity index (χ2n) is 13.4. The predicted octanol–water partition coefficient (Wildman–Crippen LogP) is 6.42. The number of aliphatic hydroxyl groups excluding tert-OH is 3. The van der Waals surface area contributed by atoms with Crippen LogP contribution in [0.15, 0.2) is 77.9 Å². The van der Waals surface area contributed by atoms with Gasteiger partial charge in [0.25, 0.3) is 0 Å². The van der Waals surface area contributed by atoms with Crippen LogP contribution in [-0.4, -0.2) is 46.2 Å². The number of fused-ring (bicyclic) bond motifs is 1. The van der Waals surface area contributed by atoms with Gasteiger partial charge in [-0.3, -0.25) is 0 Å². The molecule has 1 aromatic rings. The molecule has 1 aromatic carbocycles. The van der Waals surface area contributed by atoms with Crippen molar-refractivity contribution in [3.05, 3.63) is 83.5 Å². The Balaban J connectivity index is 1.30. The van der Waals surface area contributed by atoms with Gasteiger partial charge in [0, 0.05) is 18.1 Å². The lowest BCUT2D eigenvalue weighted by Crippen LogP contribution is -2.38. The van der Waals surface area contributed by atoms with E-state index >= 15 is 0 Å². The van der Waals surface area contributed by atoms with Crippen molar-refractivity contribution >= 4 is 5.97 Å². The zero-order chi connectivity index (χ0) is 29.3. The molecule has 9 atom stereocenters. The molecule has 1 saturated heterocycles. The number of rotatable bonds is 8. The van der Waals surface area contributed by atoms with Gasteiger partial charge in [-0.2, -0.15) is 0 Å². The van der Waals surface area contributed by atoms with Gasteiger partial charge in [-0.1, -0.05) is 75.1 Å². The van der Waals surface area contributed by atoms with Crippen molar-refractivity contribution in [2.24, 2.45) is 29.1 Å². The first-order valence-corrected chi connectivity index (χ1v) is 15.7. The van der Waals surface area contributed by atoms with Gasteiger partial charge in [-0.05, 0) is 97.7 Å². The molecular formula is C36H48O5. The van der Waals surface area contributed by atoms with E-state index in [1.165, 1.54) is 18.4 Å². The van der Waals surface area contributed by atoms with E-state index in [0.29, 0.717) is 48.2 Å². The molecule has 222 valence electrons. The standard InChI is InChI=1S/C36H48O5/c1-22(20-32-33(24(3)35(40)41-32)26-10-6-5-7-11-26)29-16-17-30-25(12-8-18-36(29,30)4)14-15-27-21-31(38)28(13-9-19-37)34(39)23(27)2/h5-7,10-11,14-15,22,28-34,37-39H,2-3,8-9,12-13,16-21H2,1,4H3/b25-14+,27-15-/t22-,28+,29-,30+,31-,32+,33+,34-,36-/m1/s1. The van der Waals surface area contributed by atoms with Crippen LogP contribution in [0.1, 0.15) is 83.1 Å². The zero-order valence-electron chi connectivity index (χ0n) is 24.8. The monoisotopic (exact) mass is 560 g/mol. The Morgan fingerprint density at radius 3 is 2.61 bits per heavy atom. The van der Waals surface area contributed by atoms with Gasteiger partial charge in [0.05, 0.1) is 18.1 Å². The van der Waals surface area contributed by atoms with Gasteiger partial charge in [-0.15, -0.1) is 0 Å². The van der Waals surface area contributed by atoms with E-state index in [9.17, 15) is 20.1 Å². The van der Waals surface area contributed by atoms with E-state index in [1.54, 1.807) is 0 Å². The molecule has 41 heavy (non-hydrogen) atoms. The molecule has 0 spiro atoms. The minimum atomic E-state index is -0.774. The van der Waals surface area contributed by atoms with Crippen LogP contribution >= 0.6 is 0 Å². The highest BCUT2D eigenvalue weighted by Gasteiger charge is 2.52. The fourth-order valence-electron chi connectivity index (χ4n) is 8.86. The topological polar surface area (TPSA) is 87.0 Å². The fourth-order valence-corrected chi connectivity index (χ4v) is 8.86. The molecule has 3 aliphatic carbocycles. The lowest BCUT2D eigenvalue weighted by Gasteiger charge is -2.45. The summed E-state index contributed by atoms with van der Waals surface area (Å²) in [6.45, 7) is 13.1. The molecule has 0 unspecified atom stereocenters.